The number of hydrogen-bond donors (Lipinski definition) is 1. The van der Waals surface area contributed by atoms with Gasteiger partial charge >= 0.3 is 0 Å². The summed E-state index contributed by atoms with van der Waals surface area (Å²) in [6.07, 6.45) is 7.09. The minimum absolute atomic E-state index is 0.717. The van der Waals surface area contributed by atoms with Gasteiger partial charge in [0.1, 0.15) is 8.24 Å². The fourth-order valence-corrected chi connectivity index (χ4v) is 8.39. The third-order valence-electron chi connectivity index (χ3n) is 5.51. The summed E-state index contributed by atoms with van der Waals surface area (Å²) in [6.45, 7) is 14.4. The molecule has 1 N–H and O–H groups in total. The van der Waals surface area contributed by atoms with Crippen LogP contribution < -0.4 is 4.98 Å². The molecule has 0 radical (unpaired) electrons. The minimum Gasteiger partial charge on any atom is -0.334 e. The van der Waals surface area contributed by atoms with Crippen molar-refractivity contribution in [2.24, 2.45) is 0 Å². The maximum absolute atomic E-state index is 4.11. The molecule has 1 fully saturated rings. The molecule has 2 aliphatic rings. The summed E-state index contributed by atoms with van der Waals surface area (Å²) in [7, 11) is -1.43. The normalized spacial score (nSPS) is 23.7. The molecule has 0 amide bonds. The van der Waals surface area contributed by atoms with E-state index in [1.807, 2.05) is 0 Å². The molecule has 2 heteroatoms. The van der Waals surface area contributed by atoms with Gasteiger partial charge in [-0.2, -0.15) is 0 Å². The maximum atomic E-state index is 4.11. The summed E-state index contributed by atoms with van der Waals surface area (Å²) >= 11 is 0. The smallest absolute Gasteiger partial charge is 0.130 e. The molecule has 0 aromatic carbocycles. The van der Waals surface area contributed by atoms with E-state index in [1.165, 1.54) is 32.1 Å². The van der Waals surface area contributed by atoms with E-state index >= 15 is 0 Å². The molecule has 2 rings (SSSR count). The highest BCUT2D eigenvalue weighted by Crippen LogP contribution is 2.45. The van der Waals surface area contributed by atoms with Gasteiger partial charge in [-0.3, -0.25) is 0 Å². The van der Waals surface area contributed by atoms with Crippen LogP contribution in [0.3, 0.4) is 0 Å². The Morgan fingerprint density at radius 1 is 0.842 bits per heavy atom. The summed E-state index contributed by atoms with van der Waals surface area (Å²) in [6, 6.07) is 0.789. The van der Waals surface area contributed by atoms with Gasteiger partial charge in [0.2, 0.25) is 0 Å². The average Bonchev–Trinajstić information content (AvgIpc) is 2.55. The van der Waals surface area contributed by atoms with Crippen molar-refractivity contribution in [3.63, 3.8) is 0 Å². The number of allylic oxidation sites excluding steroid dienone is 4. The number of rotatable bonds is 3. The molecule has 0 unspecified atom stereocenters. The Morgan fingerprint density at radius 2 is 1.32 bits per heavy atom. The Kier molecular flexibility index (Phi) is 4.41. The molecule has 19 heavy (non-hydrogen) atoms. The van der Waals surface area contributed by atoms with Crippen molar-refractivity contribution >= 4 is 8.24 Å². The molecule has 2 aliphatic carbocycles. The van der Waals surface area contributed by atoms with Crippen molar-refractivity contribution in [2.75, 3.05) is 0 Å². The second-order valence-corrected chi connectivity index (χ2v) is 11.6. The van der Waals surface area contributed by atoms with E-state index in [9.17, 15) is 0 Å². The third kappa shape index (κ3) is 2.90. The monoisotopic (exact) mass is 277 g/mol. The zero-order chi connectivity index (χ0) is 14.2. The zero-order valence-corrected chi connectivity index (χ0v) is 14.7. The minimum atomic E-state index is -1.43. The van der Waals surface area contributed by atoms with Crippen molar-refractivity contribution in [3.05, 3.63) is 22.3 Å². The van der Waals surface area contributed by atoms with Crippen LogP contribution in [0, 0.1) is 0 Å². The molecule has 0 aromatic heterocycles. The lowest BCUT2D eigenvalue weighted by Gasteiger charge is -2.38. The van der Waals surface area contributed by atoms with E-state index in [0.717, 1.165) is 11.6 Å². The lowest BCUT2D eigenvalue weighted by atomic mass is 9.96. The molecule has 0 saturated heterocycles. The summed E-state index contributed by atoms with van der Waals surface area (Å²) in [5, 5.41) is 0. The van der Waals surface area contributed by atoms with E-state index in [1.54, 1.807) is 22.3 Å². The SMILES string of the molecule is CC1=C(C)C([Si](C)(C)NC2CCCCC2)C(C)=C1C. The fraction of sp³-hybridized carbons (Fsp3) is 0.765. The molecule has 0 heterocycles. The first kappa shape index (κ1) is 15.1. The highest BCUT2D eigenvalue weighted by atomic mass is 28.3. The van der Waals surface area contributed by atoms with Crippen LogP contribution in [0.4, 0.5) is 0 Å². The van der Waals surface area contributed by atoms with Gasteiger partial charge in [0, 0.05) is 11.6 Å². The van der Waals surface area contributed by atoms with Crippen LogP contribution >= 0.6 is 0 Å². The quantitative estimate of drug-likeness (QED) is 0.702. The van der Waals surface area contributed by atoms with Crippen LogP contribution in [-0.2, 0) is 0 Å². The van der Waals surface area contributed by atoms with Crippen molar-refractivity contribution in [2.45, 2.75) is 84.5 Å². The molecule has 108 valence electrons. The van der Waals surface area contributed by atoms with E-state index in [2.05, 4.69) is 45.8 Å². The topological polar surface area (TPSA) is 12.0 Å². The Labute approximate surface area is 120 Å². The molecule has 0 atom stereocenters. The Hall–Kier alpha value is -0.343. The van der Waals surface area contributed by atoms with Crippen molar-refractivity contribution in [1.82, 2.24) is 4.98 Å². The van der Waals surface area contributed by atoms with Gasteiger partial charge < -0.3 is 4.98 Å². The summed E-state index contributed by atoms with van der Waals surface area (Å²) < 4.78 is 0. The second kappa shape index (κ2) is 5.57. The van der Waals surface area contributed by atoms with Crippen LogP contribution in [0.2, 0.25) is 18.6 Å². The van der Waals surface area contributed by atoms with Gasteiger partial charge in [-0.25, -0.2) is 0 Å². The predicted molar refractivity (Wildman–Crippen MR) is 88.0 cm³/mol. The summed E-state index contributed by atoms with van der Waals surface area (Å²) in [5.41, 5.74) is 7.08. The largest absolute Gasteiger partial charge is 0.334 e. The van der Waals surface area contributed by atoms with Crippen molar-refractivity contribution in [1.29, 1.82) is 0 Å². The third-order valence-corrected chi connectivity index (χ3v) is 8.98. The first-order valence-electron chi connectivity index (χ1n) is 7.97. The van der Waals surface area contributed by atoms with E-state index in [-0.39, 0.29) is 0 Å². The van der Waals surface area contributed by atoms with E-state index < -0.39 is 8.24 Å². The maximum Gasteiger partial charge on any atom is 0.130 e. The molecular formula is C17H31NSi. The Bertz CT molecular complexity index is 387. The molecule has 0 aromatic rings. The summed E-state index contributed by atoms with van der Waals surface area (Å²) in [4.78, 5) is 4.11. The molecule has 1 saturated carbocycles. The van der Waals surface area contributed by atoms with Gasteiger partial charge in [-0.15, -0.1) is 0 Å². The molecule has 0 aliphatic heterocycles. The Morgan fingerprint density at radius 3 is 1.79 bits per heavy atom. The van der Waals surface area contributed by atoms with Gasteiger partial charge in [-0.05, 0) is 51.7 Å². The fourth-order valence-electron chi connectivity index (χ4n) is 4.29. The zero-order valence-electron chi connectivity index (χ0n) is 13.7. The van der Waals surface area contributed by atoms with Crippen LogP contribution in [0.15, 0.2) is 22.3 Å². The van der Waals surface area contributed by atoms with Crippen molar-refractivity contribution in [3.8, 4) is 0 Å². The van der Waals surface area contributed by atoms with E-state index in [0.29, 0.717) is 0 Å². The van der Waals surface area contributed by atoms with Crippen LogP contribution in [0.1, 0.15) is 59.8 Å². The summed E-state index contributed by atoms with van der Waals surface area (Å²) in [5.74, 6) is 0. The lowest BCUT2D eigenvalue weighted by molar-refractivity contribution is 0.413. The number of nitrogens with one attached hydrogen (secondary N) is 1. The van der Waals surface area contributed by atoms with Gasteiger partial charge in [0.05, 0.1) is 0 Å². The van der Waals surface area contributed by atoms with E-state index in [4.69, 9.17) is 0 Å². The Balaban J connectivity index is 2.15. The highest BCUT2D eigenvalue weighted by molar-refractivity contribution is 6.78. The predicted octanol–water partition coefficient (Wildman–Crippen LogP) is 5.17. The molecule has 1 nitrogen and oxygen atoms in total. The second-order valence-electron chi connectivity index (χ2n) is 7.25. The van der Waals surface area contributed by atoms with Gasteiger partial charge in [0.15, 0.2) is 0 Å². The van der Waals surface area contributed by atoms with Crippen LogP contribution in [0.5, 0.6) is 0 Å². The standard InChI is InChI=1S/C17H31NSi/c1-12-13(2)15(4)17(14(12)3)19(5,6)18-16-10-8-7-9-11-16/h16-18H,7-11H2,1-6H3. The van der Waals surface area contributed by atoms with Gasteiger partial charge in [-0.1, -0.05) is 43.5 Å². The van der Waals surface area contributed by atoms with Gasteiger partial charge in [0.25, 0.3) is 0 Å². The first-order valence-corrected chi connectivity index (χ1v) is 11.0. The van der Waals surface area contributed by atoms with Crippen LogP contribution in [0.25, 0.3) is 0 Å². The molecule has 0 spiro atoms. The van der Waals surface area contributed by atoms with Crippen LogP contribution in [-0.4, -0.2) is 14.3 Å². The van der Waals surface area contributed by atoms with Crippen molar-refractivity contribution < 1.29 is 0 Å². The first-order chi connectivity index (χ1) is 8.84. The molecular weight excluding hydrogens is 246 g/mol. The highest BCUT2D eigenvalue weighted by Gasteiger charge is 2.40. The average molecular weight is 278 g/mol. The number of hydrogen-bond acceptors (Lipinski definition) is 1. The lowest BCUT2D eigenvalue weighted by Crippen LogP contribution is -2.54. The molecule has 0 bridgehead atoms.